The molecule has 0 aliphatic heterocycles. The molecule has 0 N–H and O–H groups in total. The molecule has 3 rings (SSSR count). The van der Waals surface area contributed by atoms with Gasteiger partial charge in [0.25, 0.3) is 0 Å². The molecule has 4 nitrogen and oxygen atoms in total. The van der Waals surface area contributed by atoms with E-state index in [0.717, 1.165) is 35.7 Å². The van der Waals surface area contributed by atoms with Gasteiger partial charge in [0.05, 0.1) is 6.04 Å². The number of fused-ring (bicyclic) bond motifs is 1. The van der Waals surface area contributed by atoms with Crippen molar-refractivity contribution in [3.8, 4) is 0 Å². The van der Waals surface area contributed by atoms with Crippen LogP contribution in [0.2, 0.25) is 5.02 Å². The van der Waals surface area contributed by atoms with Crippen molar-refractivity contribution in [3.63, 3.8) is 0 Å². The van der Waals surface area contributed by atoms with Gasteiger partial charge in [-0.2, -0.15) is 0 Å². The maximum absolute atomic E-state index is 5.98. The molecule has 22 heavy (non-hydrogen) atoms. The molecule has 114 valence electrons. The number of hydrogen-bond acceptors (Lipinski definition) is 3. The number of aryl methyl sites for hydroxylation is 1. The fourth-order valence-corrected chi connectivity index (χ4v) is 2.89. The predicted molar refractivity (Wildman–Crippen MR) is 89.5 cm³/mol. The van der Waals surface area contributed by atoms with E-state index >= 15 is 0 Å². The quantitative estimate of drug-likeness (QED) is 0.632. The maximum Gasteiger partial charge on any atom is 0.130 e. The van der Waals surface area contributed by atoms with Crippen molar-refractivity contribution in [1.82, 2.24) is 14.9 Å². The lowest BCUT2D eigenvalue weighted by atomic mass is 9.93. The zero-order chi connectivity index (χ0) is 15.5. The molecule has 1 aliphatic rings. The number of rotatable bonds is 2. The Morgan fingerprint density at radius 3 is 2.77 bits per heavy atom. The predicted octanol–water partition coefficient (Wildman–Crippen LogP) is 3.00. The van der Waals surface area contributed by atoms with Crippen molar-refractivity contribution in [2.24, 2.45) is 4.99 Å². The third kappa shape index (κ3) is 3.28. The summed E-state index contributed by atoms with van der Waals surface area (Å²) >= 11 is 5.98. The lowest BCUT2D eigenvalue weighted by molar-refractivity contribution is 0.545. The van der Waals surface area contributed by atoms with E-state index in [1.54, 1.807) is 6.33 Å². The third-order valence-electron chi connectivity index (χ3n) is 3.88. The number of aliphatic imine (C=N–C) groups is 1. The second-order valence-corrected chi connectivity index (χ2v) is 6.18. The molecule has 1 unspecified atom stereocenters. The largest absolute Gasteiger partial charge is 0.363 e. The molecule has 0 amide bonds. The summed E-state index contributed by atoms with van der Waals surface area (Å²) in [6.45, 7) is 0. The number of hydrogen-bond donors (Lipinski definition) is 0. The SMILES string of the molecule is CN(C)C(=NC1CCc2ncncc2C1)c1ccc(Cl)cc1. The molecule has 1 aromatic carbocycles. The average molecular weight is 315 g/mol. The van der Waals surface area contributed by atoms with Crippen LogP contribution in [-0.4, -0.2) is 40.8 Å². The minimum Gasteiger partial charge on any atom is -0.363 e. The van der Waals surface area contributed by atoms with Crippen molar-refractivity contribution in [1.29, 1.82) is 0 Å². The van der Waals surface area contributed by atoms with Crippen molar-refractivity contribution >= 4 is 17.4 Å². The second kappa shape index (κ2) is 6.44. The standard InChI is InChI=1S/C17H19ClN4/c1-22(2)17(12-3-5-14(18)6-4-12)21-15-7-8-16-13(9-15)10-19-11-20-16/h3-6,10-11,15H,7-9H2,1-2H3. The molecule has 2 aromatic rings. The molecule has 0 fully saturated rings. The molecule has 0 saturated heterocycles. The molecule has 0 radical (unpaired) electrons. The second-order valence-electron chi connectivity index (χ2n) is 5.75. The van der Waals surface area contributed by atoms with Crippen LogP contribution in [0.25, 0.3) is 0 Å². The van der Waals surface area contributed by atoms with Gasteiger partial charge in [0.1, 0.15) is 12.2 Å². The molecule has 1 heterocycles. The van der Waals surface area contributed by atoms with Crippen molar-refractivity contribution in [2.45, 2.75) is 25.3 Å². The third-order valence-corrected chi connectivity index (χ3v) is 4.13. The molecule has 5 heteroatoms. The van der Waals surface area contributed by atoms with E-state index in [1.165, 1.54) is 11.3 Å². The first kappa shape index (κ1) is 15.0. The zero-order valence-corrected chi connectivity index (χ0v) is 13.6. The van der Waals surface area contributed by atoms with Gasteiger partial charge in [0.15, 0.2) is 0 Å². The lowest BCUT2D eigenvalue weighted by Crippen LogP contribution is -2.27. The van der Waals surface area contributed by atoms with Crippen LogP contribution in [0, 0.1) is 0 Å². The van der Waals surface area contributed by atoms with E-state index in [-0.39, 0.29) is 6.04 Å². The van der Waals surface area contributed by atoms with E-state index in [2.05, 4.69) is 14.9 Å². The Bertz CT molecular complexity index is 679. The lowest BCUT2D eigenvalue weighted by Gasteiger charge is -2.24. The van der Waals surface area contributed by atoms with Crippen molar-refractivity contribution in [3.05, 3.63) is 58.6 Å². The molecule has 0 bridgehead atoms. The molecule has 1 aromatic heterocycles. The minimum absolute atomic E-state index is 0.270. The van der Waals surface area contributed by atoms with Gasteiger partial charge in [-0.05, 0) is 49.1 Å². The highest BCUT2D eigenvalue weighted by molar-refractivity contribution is 6.30. The molecule has 0 saturated carbocycles. The first-order chi connectivity index (χ1) is 10.6. The van der Waals surface area contributed by atoms with Crippen LogP contribution in [-0.2, 0) is 12.8 Å². The van der Waals surface area contributed by atoms with Gasteiger partial charge in [-0.25, -0.2) is 9.97 Å². The topological polar surface area (TPSA) is 41.4 Å². The van der Waals surface area contributed by atoms with Crippen LogP contribution in [0.3, 0.4) is 0 Å². The Hall–Kier alpha value is -1.94. The molecule has 0 spiro atoms. The Morgan fingerprint density at radius 1 is 1.27 bits per heavy atom. The number of amidine groups is 1. The summed E-state index contributed by atoms with van der Waals surface area (Å²) in [7, 11) is 4.04. The summed E-state index contributed by atoms with van der Waals surface area (Å²) in [6.07, 6.45) is 6.44. The number of aromatic nitrogens is 2. The Balaban J connectivity index is 1.86. The van der Waals surface area contributed by atoms with E-state index in [0.29, 0.717) is 0 Å². The first-order valence-corrected chi connectivity index (χ1v) is 7.80. The Morgan fingerprint density at radius 2 is 2.05 bits per heavy atom. The normalized spacial score (nSPS) is 18.0. The van der Waals surface area contributed by atoms with Crippen LogP contribution in [0.4, 0.5) is 0 Å². The molecule has 1 atom stereocenters. The summed E-state index contributed by atoms with van der Waals surface area (Å²) < 4.78 is 0. The first-order valence-electron chi connectivity index (χ1n) is 7.42. The molecular weight excluding hydrogens is 296 g/mol. The fourth-order valence-electron chi connectivity index (χ4n) is 2.77. The summed E-state index contributed by atoms with van der Waals surface area (Å²) in [4.78, 5) is 15.5. The highest BCUT2D eigenvalue weighted by atomic mass is 35.5. The van der Waals surface area contributed by atoms with Gasteiger partial charge < -0.3 is 4.90 Å². The van der Waals surface area contributed by atoms with Crippen LogP contribution in [0.1, 0.15) is 23.2 Å². The van der Waals surface area contributed by atoms with Gasteiger partial charge in [0, 0.05) is 36.6 Å². The molecular formula is C17H19ClN4. The smallest absolute Gasteiger partial charge is 0.130 e. The van der Waals surface area contributed by atoms with Gasteiger partial charge >= 0.3 is 0 Å². The van der Waals surface area contributed by atoms with Gasteiger partial charge in [-0.15, -0.1) is 0 Å². The summed E-state index contributed by atoms with van der Waals surface area (Å²) in [5.41, 5.74) is 3.47. The summed E-state index contributed by atoms with van der Waals surface area (Å²) in [6, 6.07) is 8.11. The number of halogens is 1. The highest BCUT2D eigenvalue weighted by Gasteiger charge is 2.20. The Kier molecular flexibility index (Phi) is 4.39. The highest BCUT2D eigenvalue weighted by Crippen LogP contribution is 2.22. The minimum atomic E-state index is 0.270. The maximum atomic E-state index is 5.98. The van der Waals surface area contributed by atoms with Crippen LogP contribution in [0.15, 0.2) is 41.8 Å². The number of nitrogens with zero attached hydrogens (tertiary/aromatic N) is 4. The fraction of sp³-hybridized carbons (Fsp3) is 0.353. The Labute approximate surface area is 135 Å². The van der Waals surface area contributed by atoms with E-state index in [9.17, 15) is 0 Å². The average Bonchev–Trinajstić information content (AvgIpc) is 2.53. The van der Waals surface area contributed by atoms with Gasteiger partial charge in [-0.3, -0.25) is 4.99 Å². The van der Waals surface area contributed by atoms with Crippen LogP contribution in [0.5, 0.6) is 0 Å². The van der Waals surface area contributed by atoms with Crippen molar-refractivity contribution < 1.29 is 0 Å². The van der Waals surface area contributed by atoms with Crippen molar-refractivity contribution in [2.75, 3.05) is 14.1 Å². The zero-order valence-electron chi connectivity index (χ0n) is 12.8. The van der Waals surface area contributed by atoms with Gasteiger partial charge in [-0.1, -0.05) is 11.6 Å². The summed E-state index contributed by atoms with van der Waals surface area (Å²) in [5.74, 6) is 0.988. The van der Waals surface area contributed by atoms with Crippen LogP contribution < -0.4 is 0 Å². The van der Waals surface area contributed by atoms with Gasteiger partial charge in [0.2, 0.25) is 0 Å². The number of benzene rings is 1. The van der Waals surface area contributed by atoms with E-state index in [1.807, 2.05) is 44.6 Å². The summed E-state index contributed by atoms with van der Waals surface area (Å²) in [5, 5.41) is 0.741. The monoisotopic (exact) mass is 314 g/mol. The van der Waals surface area contributed by atoms with E-state index < -0.39 is 0 Å². The van der Waals surface area contributed by atoms with Crippen LogP contribution >= 0.6 is 11.6 Å². The van der Waals surface area contributed by atoms with E-state index in [4.69, 9.17) is 16.6 Å². The molecule has 1 aliphatic carbocycles.